The molecule has 1 aliphatic carbocycles. The number of thioether (sulfide) groups is 1. The fourth-order valence-corrected chi connectivity index (χ4v) is 10.7. The second kappa shape index (κ2) is 37.4. The minimum absolute atomic E-state index is 0.00477. The van der Waals surface area contributed by atoms with Gasteiger partial charge in [0.2, 0.25) is 35.4 Å². The Bertz CT molecular complexity index is 1990. The number of nitrogens with one attached hydrogen (secondary N) is 4. The summed E-state index contributed by atoms with van der Waals surface area (Å²) < 4.78 is 2.08. The van der Waals surface area contributed by atoms with Crippen LogP contribution in [0, 0.1) is 17.8 Å². The second-order valence-corrected chi connectivity index (χ2v) is 21.9. The van der Waals surface area contributed by atoms with E-state index in [2.05, 4.69) is 76.2 Å². The number of aryl methyl sites for hydroxylation is 1. The molecule has 4 unspecified atom stereocenters. The van der Waals surface area contributed by atoms with Crippen molar-refractivity contribution in [1.29, 1.82) is 0 Å². The van der Waals surface area contributed by atoms with Crippen molar-refractivity contribution in [3.8, 4) is 0 Å². The zero-order valence-electron chi connectivity index (χ0n) is 45.3. The van der Waals surface area contributed by atoms with Crippen LogP contribution in [0.3, 0.4) is 0 Å². The summed E-state index contributed by atoms with van der Waals surface area (Å²) in [5.41, 5.74) is 7.28. The van der Waals surface area contributed by atoms with Gasteiger partial charge in [-0.1, -0.05) is 96.6 Å². The first-order chi connectivity index (χ1) is 36.1. The predicted molar refractivity (Wildman–Crippen MR) is 292 cm³/mol. The first kappa shape index (κ1) is 64.0. The van der Waals surface area contributed by atoms with Crippen molar-refractivity contribution >= 4 is 65.1 Å². The van der Waals surface area contributed by atoms with Crippen molar-refractivity contribution in [2.24, 2.45) is 35.5 Å². The van der Waals surface area contributed by atoms with Gasteiger partial charge >= 0.3 is 11.9 Å². The van der Waals surface area contributed by atoms with E-state index in [9.17, 15) is 38.4 Å². The number of allylic oxidation sites excluding steroid dienone is 2. The maximum Gasteiger partial charge on any atom is 0.326 e. The molecule has 1 aliphatic heterocycles. The summed E-state index contributed by atoms with van der Waals surface area (Å²) in [4.78, 5) is 104. The highest BCUT2D eigenvalue weighted by Crippen LogP contribution is 2.33. The van der Waals surface area contributed by atoms with Crippen molar-refractivity contribution in [2.45, 2.75) is 198 Å². The number of rotatable bonds is 39. The quantitative estimate of drug-likeness (QED) is 0.00879. The third-order valence-corrected chi connectivity index (χ3v) is 15.5. The van der Waals surface area contributed by atoms with Gasteiger partial charge in [-0.15, -0.1) is 11.8 Å². The third kappa shape index (κ3) is 27.3. The Hall–Kier alpha value is -5.33. The molecule has 75 heavy (non-hydrogen) atoms. The summed E-state index contributed by atoms with van der Waals surface area (Å²) in [6.45, 7) is 4.51. The number of nitrogens with zero attached hydrogens (tertiary/aromatic N) is 3. The predicted octanol–water partition coefficient (Wildman–Crippen LogP) is 6.98. The Morgan fingerprint density at radius 3 is 2.05 bits per heavy atom. The highest BCUT2D eigenvalue weighted by molar-refractivity contribution is 8.01. The molecule has 19 heteroatoms. The lowest BCUT2D eigenvalue weighted by atomic mass is 9.81. The third-order valence-electron chi connectivity index (χ3n) is 14.3. The van der Waals surface area contributed by atoms with Gasteiger partial charge in [0.05, 0.1) is 24.0 Å². The number of imide groups is 1. The topological polar surface area (TPSA) is 271 Å². The molecule has 0 aromatic carbocycles. The molecule has 2 aliphatic rings. The number of aliphatic carboxylic acids is 2. The monoisotopic (exact) mass is 1070 g/mol. The Balaban J connectivity index is 1.25. The number of aliphatic imine (C=N–C) groups is 1. The van der Waals surface area contributed by atoms with Gasteiger partial charge in [-0.25, -0.2) is 9.36 Å². The average Bonchev–Trinajstić information content (AvgIpc) is 3.65. The van der Waals surface area contributed by atoms with Crippen LogP contribution in [-0.4, -0.2) is 112 Å². The van der Waals surface area contributed by atoms with Crippen LogP contribution in [0.15, 0.2) is 41.7 Å². The summed E-state index contributed by atoms with van der Waals surface area (Å²) in [5, 5.41) is 27.3. The minimum atomic E-state index is -1.63. The van der Waals surface area contributed by atoms with Gasteiger partial charge in [-0.2, -0.15) is 0 Å². The number of nitrogens with two attached hydrogens (primary N) is 1. The largest absolute Gasteiger partial charge is 0.481 e. The first-order valence-corrected chi connectivity index (χ1v) is 29.1. The summed E-state index contributed by atoms with van der Waals surface area (Å²) in [7, 11) is 2.05. The lowest BCUT2D eigenvalue weighted by Crippen LogP contribution is -2.47. The molecule has 6 amide bonds. The SMILES string of the molecule is CCCCCCCC/C=C\CCCCCCCCC(CCCCNC(=O)C1CCC(CN2C(=O)CC(SCC(=O)NC(N)=NCCCC(C)C(=O)NCC(=O)NC(CC(=O)O)C(=O)O)C2=O)CC1)c1cc[n+](C)cc1. The number of hydrogen-bond acceptors (Lipinski definition) is 10. The summed E-state index contributed by atoms with van der Waals surface area (Å²) in [6, 6.07) is 2.89. The van der Waals surface area contributed by atoms with E-state index in [1.54, 1.807) is 6.92 Å². The molecule has 2 heterocycles. The zero-order chi connectivity index (χ0) is 54.8. The lowest BCUT2D eigenvalue weighted by Gasteiger charge is -2.30. The van der Waals surface area contributed by atoms with Gasteiger partial charge in [0, 0.05) is 50.0 Å². The number of carbonyl (C=O) groups excluding carboxylic acids is 6. The van der Waals surface area contributed by atoms with E-state index >= 15 is 0 Å². The van der Waals surface area contributed by atoms with Gasteiger partial charge in [0.25, 0.3) is 0 Å². The molecule has 0 radical (unpaired) electrons. The van der Waals surface area contributed by atoms with Crippen LogP contribution in [-0.2, 0) is 45.4 Å². The van der Waals surface area contributed by atoms with Gasteiger partial charge in [-0.3, -0.25) is 48.8 Å². The van der Waals surface area contributed by atoms with E-state index < -0.39 is 59.8 Å². The van der Waals surface area contributed by atoms with Crippen molar-refractivity contribution in [2.75, 3.05) is 31.9 Å². The molecule has 420 valence electrons. The van der Waals surface area contributed by atoms with E-state index in [0.717, 1.165) is 43.9 Å². The lowest BCUT2D eigenvalue weighted by molar-refractivity contribution is -0.671. The fourth-order valence-electron chi connectivity index (χ4n) is 9.70. The Kier molecular flexibility index (Phi) is 31.9. The van der Waals surface area contributed by atoms with Gasteiger partial charge in [-0.05, 0) is 101 Å². The molecule has 2 fully saturated rings. The van der Waals surface area contributed by atoms with E-state index in [-0.39, 0.29) is 54.2 Å². The highest BCUT2D eigenvalue weighted by Gasteiger charge is 2.41. The Morgan fingerprint density at radius 2 is 1.43 bits per heavy atom. The summed E-state index contributed by atoms with van der Waals surface area (Å²) >= 11 is 1.07. The van der Waals surface area contributed by atoms with Crippen LogP contribution in [0.2, 0.25) is 0 Å². The maximum atomic E-state index is 13.3. The smallest absolute Gasteiger partial charge is 0.326 e. The van der Waals surface area contributed by atoms with E-state index in [0.29, 0.717) is 44.7 Å². The average molecular weight is 1070 g/mol. The number of unbranched alkanes of at least 4 members (excludes halogenated alkanes) is 13. The van der Waals surface area contributed by atoms with E-state index in [1.807, 2.05) is 5.32 Å². The fraction of sp³-hybridized carbons (Fsp3) is 0.714. The number of carboxylic acids is 2. The number of carbonyl (C=O) groups is 8. The van der Waals surface area contributed by atoms with Crippen LogP contribution in [0.25, 0.3) is 0 Å². The van der Waals surface area contributed by atoms with Crippen molar-refractivity contribution in [3.63, 3.8) is 0 Å². The number of hydrogen-bond donors (Lipinski definition) is 7. The molecule has 18 nitrogen and oxygen atoms in total. The van der Waals surface area contributed by atoms with E-state index in [1.165, 1.54) is 107 Å². The molecule has 0 spiro atoms. The number of aromatic nitrogens is 1. The van der Waals surface area contributed by atoms with Gasteiger partial charge in [0.15, 0.2) is 18.4 Å². The molecule has 8 N–H and O–H groups in total. The minimum Gasteiger partial charge on any atom is -0.481 e. The van der Waals surface area contributed by atoms with Crippen LogP contribution in [0.5, 0.6) is 0 Å². The van der Waals surface area contributed by atoms with Gasteiger partial charge < -0.3 is 31.9 Å². The number of carboxylic acid groups (broad SMARTS) is 2. The molecular formula is C56H91N8O10S+. The van der Waals surface area contributed by atoms with Gasteiger partial charge in [0.1, 0.15) is 13.1 Å². The van der Waals surface area contributed by atoms with Crippen LogP contribution in [0.1, 0.15) is 192 Å². The van der Waals surface area contributed by atoms with Crippen LogP contribution >= 0.6 is 11.8 Å². The molecule has 4 atom stereocenters. The number of amides is 6. The molecule has 1 aromatic rings. The zero-order valence-corrected chi connectivity index (χ0v) is 46.2. The van der Waals surface area contributed by atoms with Crippen molar-refractivity contribution in [3.05, 3.63) is 42.2 Å². The summed E-state index contributed by atoms with van der Waals surface area (Å²) in [5.74, 6) is -5.45. The molecule has 1 saturated carbocycles. The highest BCUT2D eigenvalue weighted by atomic mass is 32.2. The maximum absolute atomic E-state index is 13.3. The van der Waals surface area contributed by atoms with E-state index in [4.69, 9.17) is 15.9 Å². The van der Waals surface area contributed by atoms with Crippen LogP contribution < -0.4 is 31.6 Å². The molecule has 1 aromatic heterocycles. The first-order valence-electron chi connectivity index (χ1n) is 28.0. The number of pyridine rings is 1. The molecular weight excluding hydrogens is 977 g/mol. The molecule has 3 rings (SSSR count). The van der Waals surface area contributed by atoms with Crippen molar-refractivity contribution < 1.29 is 53.1 Å². The summed E-state index contributed by atoms with van der Waals surface area (Å²) in [6.07, 6.45) is 34.5. The number of likely N-dealkylation sites (tertiary alicyclic amines) is 1. The Labute approximate surface area is 450 Å². The molecule has 0 bridgehead atoms. The van der Waals surface area contributed by atoms with Crippen LogP contribution in [0.4, 0.5) is 0 Å². The number of guanidine groups is 1. The second-order valence-electron chi connectivity index (χ2n) is 20.7. The normalized spacial score (nSPS) is 18.1. The Morgan fingerprint density at radius 1 is 0.813 bits per heavy atom. The molecule has 1 saturated heterocycles. The standard InChI is InChI=1S/C56H90N8O10S/c1-4-5-6-7-8-9-10-11-12-13-14-15-16-17-18-19-24-43(44-30-34-63(3)35-31-44)25-20-21-32-58-53(71)45-28-26-42(27-29-45)39-64-50(67)37-47(54(64)72)75-40-49(66)62-56(57)59-33-22-23-41(2)52(70)60-38-48(65)61-46(55(73)74)36-51(68)69/h11-12,30-31,34-35,41-43,45-47H,4-10,13-29,32-33,36-40H2,1-3H3,(H7-,57,58,59,60,61,62,65,66,68,69,70,71,73,74)/p+1/b12-11-. The van der Waals surface area contributed by atoms with Crippen molar-refractivity contribution in [1.82, 2.24) is 26.2 Å².